The summed E-state index contributed by atoms with van der Waals surface area (Å²) in [6.07, 6.45) is 5.27. The van der Waals surface area contributed by atoms with Crippen molar-refractivity contribution in [3.63, 3.8) is 0 Å². The van der Waals surface area contributed by atoms with Crippen LogP contribution in [-0.4, -0.2) is 77.6 Å². The first-order valence-corrected chi connectivity index (χ1v) is 11.8. The van der Waals surface area contributed by atoms with Crippen molar-refractivity contribution in [2.45, 2.75) is 25.8 Å². The number of likely N-dealkylation sites (tertiary alicyclic amines) is 1. The fraction of sp³-hybridized carbons (Fsp3) is 0.423. The van der Waals surface area contributed by atoms with Gasteiger partial charge in [0.05, 0.1) is 31.4 Å². The van der Waals surface area contributed by atoms with Crippen molar-refractivity contribution >= 4 is 17.4 Å². The molecule has 1 aromatic carbocycles. The number of aliphatic hydroxyl groups excluding tert-OH is 1. The predicted octanol–water partition coefficient (Wildman–Crippen LogP) is 3.01. The molecule has 2 aromatic rings. The first kappa shape index (κ1) is 23.9. The molecule has 1 unspecified atom stereocenters. The Hall–Kier alpha value is -3.23. The highest BCUT2D eigenvalue weighted by atomic mass is 16.5. The average Bonchev–Trinajstić information content (AvgIpc) is 3.13. The van der Waals surface area contributed by atoms with E-state index >= 15 is 0 Å². The number of benzene rings is 1. The number of carbonyl (C=O) groups is 2. The lowest BCUT2D eigenvalue weighted by Gasteiger charge is -2.30. The molecule has 2 aliphatic rings. The molecule has 1 amide bonds. The Balaban J connectivity index is 1.63. The molecule has 0 aliphatic carbocycles. The van der Waals surface area contributed by atoms with Gasteiger partial charge in [0.2, 0.25) is 0 Å². The molecule has 0 saturated carbocycles. The molecule has 8 nitrogen and oxygen atoms in total. The van der Waals surface area contributed by atoms with E-state index in [-0.39, 0.29) is 11.3 Å². The van der Waals surface area contributed by atoms with Crippen molar-refractivity contribution in [3.8, 4) is 5.75 Å². The first-order chi connectivity index (χ1) is 16.6. The molecule has 1 aromatic heterocycles. The number of aliphatic hydroxyl groups is 1. The van der Waals surface area contributed by atoms with E-state index in [9.17, 15) is 14.7 Å². The zero-order valence-electron chi connectivity index (χ0n) is 19.5. The normalized spacial score (nSPS) is 20.6. The van der Waals surface area contributed by atoms with Crippen molar-refractivity contribution in [2.75, 3.05) is 46.0 Å². The van der Waals surface area contributed by atoms with Crippen molar-refractivity contribution < 1.29 is 24.2 Å². The standard InChI is InChI=1S/C26H31N3O5/c1-2-3-15-34-21-8-6-19(7-9-21)24(30)22-23(20-5-4-10-27-18-20)29(26(32)25(22)31)12-11-28-13-16-33-17-14-28/h4-10,18,23,30H,2-3,11-17H2,1H3. The third-order valence-corrected chi connectivity index (χ3v) is 6.20. The van der Waals surface area contributed by atoms with Gasteiger partial charge in [-0.1, -0.05) is 19.4 Å². The number of aromatic nitrogens is 1. The highest BCUT2D eigenvalue weighted by molar-refractivity contribution is 6.46. The summed E-state index contributed by atoms with van der Waals surface area (Å²) < 4.78 is 11.1. The maximum Gasteiger partial charge on any atom is 0.295 e. The van der Waals surface area contributed by atoms with Crippen molar-refractivity contribution in [3.05, 3.63) is 65.5 Å². The highest BCUT2D eigenvalue weighted by Gasteiger charge is 2.46. The topological polar surface area (TPSA) is 92.2 Å². The molecule has 34 heavy (non-hydrogen) atoms. The average molecular weight is 466 g/mol. The van der Waals surface area contributed by atoms with Gasteiger partial charge < -0.3 is 19.5 Å². The van der Waals surface area contributed by atoms with Gasteiger partial charge in [-0.2, -0.15) is 0 Å². The second-order valence-electron chi connectivity index (χ2n) is 8.46. The summed E-state index contributed by atoms with van der Waals surface area (Å²) >= 11 is 0. The molecule has 1 N–H and O–H groups in total. The van der Waals surface area contributed by atoms with E-state index in [1.807, 2.05) is 6.07 Å². The summed E-state index contributed by atoms with van der Waals surface area (Å²) in [7, 11) is 0. The molecule has 3 heterocycles. The summed E-state index contributed by atoms with van der Waals surface area (Å²) in [5.74, 6) is -0.791. The van der Waals surface area contributed by atoms with Crippen LogP contribution >= 0.6 is 0 Å². The lowest BCUT2D eigenvalue weighted by atomic mass is 9.96. The number of hydrogen-bond donors (Lipinski definition) is 1. The SMILES string of the molecule is CCCCOc1ccc(C(O)=C2C(=O)C(=O)N(CCN3CCOCC3)C2c2cccnc2)cc1. The molecule has 2 fully saturated rings. The number of ether oxygens (including phenoxy) is 2. The van der Waals surface area contributed by atoms with Crippen LogP contribution in [0.25, 0.3) is 5.76 Å². The maximum absolute atomic E-state index is 13.1. The van der Waals surface area contributed by atoms with Crippen LogP contribution in [0.3, 0.4) is 0 Å². The van der Waals surface area contributed by atoms with E-state index in [2.05, 4.69) is 16.8 Å². The molecule has 0 bridgehead atoms. The third-order valence-electron chi connectivity index (χ3n) is 6.20. The summed E-state index contributed by atoms with van der Waals surface area (Å²) in [4.78, 5) is 34.1. The fourth-order valence-corrected chi connectivity index (χ4v) is 4.27. The Morgan fingerprint density at radius 2 is 1.91 bits per heavy atom. The minimum absolute atomic E-state index is 0.0830. The monoisotopic (exact) mass is 465 g/mol. The number of unbranched alkanes of at least 4 members (excludes halogenated alkanes) is 1. The number of Topliss-reactive ketones (excluding diaryl/α,β-unsaturated/α-hetero) is 1. The van der Waals surface area contributed by atoms with Crippen LogP contribution in [0.4, 0.5) is 0 Å². The smallest absolute Gasteiger partial charge is 0.295 e. The van der Waals surface area contributed by atoms with E-state index in [1.165, 1.54) is 0 Å². The number of carbonyl (C=O) groups excluding carboxylic acids is 2. The van der Waals surface area contributed by atoms with Gasteiger partial charge in [-0.3, -0.25) is 19.5 Å². The number of ketones is 1. The Bertz CT molecular complexity index is 1020. The van der Waals surface area contributed by atoms with E-state index in [4.69, 9.17) is 9.47 Å². The molecule has 0 spiro atoms. The Morgan fingerprint density at radius 3 is 2.59 bits per heavy atom. The minimum atomic E-state index is -0.699. The number of amides is 1. The Morgan fingerprint density at radius 1 is 1.15 bits per heavy atom. The molecule has 1 atom stereocenters. The van der Waals surface area contributed by atoms with Gasteiger partial charge in [0.25, 0.3) is 11.7 Å². The predicted molar refractivity (Wildman–Crippen MR) is 127 cm³/mol. The van der Waals surface area contributed by atoms with Crippen molar-refractivity contribution in [1.29, 1.82) is 0 Å². The molecule has 4 rings (SSSR count). The van der Waals surface area contributed by atoms with Crippen LogP contribution in [0, 0.1) is 0 Å². The molecule has 0 radical (unpaired) electrons. The molecule has 2 aliphatic heterocycles. The second-order valence-corrected chi connectivity index (χ2v) is 8.46. The summed E-state index contributed by atoms with van der Waals surface area (Å²) in [6, 6.07) is 9.82. The number of rotatable bonds is 9. The third kappa shape index (κ3) is 5.29. The fourth-order valence-electron chi connectivity index (χ4n) is 4.27. The van der Waals surface area contributed by atoms with Gasteiger partial charge in [-0.25, -0.2) is 0 Å². The van der Waals surface area contributed by atoms with Crippen LogP contribution in [-0.2, 0) is 14.3 Å². The molecule has 180 valence electrons. The zero-order valence-corrected chi connectivity index (χ0v) is 19.5. The second kappa shape index (κ2) is 11.3. The lowest BCUT2D eigenvalue weighted by Crippen LogP contribution is -2.42. The van der Waals surface area contributed by atoms with Crippen LogP contribution in [0.2, 0.25) is 0 Å². The first-order valence-electron chi connectivity index (χ1n) is 11.8. The quantitative estimate of drug-likeness (QED) is 0.263. The number of hydrogen-bond acceptors (Lipinski definition) is 7. The number of pyridine rings is 1. The van der Waals surface area contributed by atoms with E-state index in [0.717, 1.165) is 25.9 Å². The summed E-state index contributed by atoms with van der Waals surface area (Å²) in [5, 5.41) is 11.2. The van der Waals surface area contributed by atoms with Gasteiger partial charge in [-0.15, -0.1) is 0 Å². The molecule has 8 heteroatoms. The lowest BCUT2D eigenvalue weighted by molar-refractivity contribution is -0.140. The van der Waals surface area contributed by atoms with Gasteiger partial charge in [0, 0.05) is 44.1 Å². The van der Waals surface area contributed by atoms with Crippen LogP contribution in [0.15, 0.2) is 54.4 Å². The largest absolute Gasteiger partial charge is 0.507 e. The highest BCUT2D eigenvalue weighted by Crippen LogP contribution is 2.39. The molecule has 2 saturated heterocycles. The van der Waals surface area contributed by atoms with Crippen LogP contribution in [0.1, 0.15) is 36.9 Å². The van der Waals surface area contributed by atoms with E-state index in [1.54, 1.807) is 47.6 Å². The Kier molecular flexibility index (Phi) is 7.92. The van der Waals surface area contributed by atoms with Gasteiger partial charge in [0.15, 0.2) is 0 Å². The minimum Gasteiger partial charge on any atom is -0.507 e. The number of morpholine rings is 1. The van der Waals surface area contributed by atoms with Gasteiger partial charge in [0.1, 0.15) is 11.5 Å². The van der Waals surface area contributed by atoms with E-state index < -0.39 is 17.7 Å². The molecular weight excluding hydrogens is 434 g/mol. The van der Waals surface area contributed by atoms with E-state index in [0.29, 0.717) is 49.8 Å². The number of nitrogens with zero attached hydrogens (tertiary/aromatic N) is 3. The maximum atomic E-state index is 13.1. The van der Waals surface area contributed by atoms with Crippen LogP contribution in [0.5, 0.6) is 5.75 Å². The van der Waals surface area contributed by atoms with Gasteiger partial charge >= 0.3 is 0 Å². The molecular formula is C26H31N3O5. The summed E-state index contributed by atoms with van der Waals surface area (Å²) in [5.41, 5.74) is 1.23. The summed E-state index contributed by atoms with van der Waals surface area (Å²) in [6.45, 7) is 6.59. The zero-order chi connectivity index (χ0) is 23.9. The van der Waals surface area contributed by atoms with Crippen LogP contribution < -0.4 is 4.74 Å². The van der Waals surface area contributed by atoms with Crippen molar-refractivity contribution in [1.82, 2.24) is 14.8 Å². The van der Waals surface area contributed by atoms with Crippen molar-refractivity contribution in [2.24, 2.45) is 0 Å². The van der Waals surface area contributed by atoms with Gasteiger partial charge in [-0.05, 0) is 42.3 Å². The Labute approximate surface area is 199 Å².